The number of nitrogens with zero attached hydrogens (tertiary/aromatic N) is 3. The summed E-state index contributed by atoms with van der Waals surface area (Å²) >= 11 is 12.6. The molecule has 146 valence electrons. The molecule has 0 radical (unpaired) electrons. The Hall–Kier alpha value is -3.07. The van der Waals surface area contributed by atoms with Gasteiger partial charge in [0.1, 0.15) is 10.8 Å². The minimum atomic E-state index is 0.254. The number of hydrogen-bond donors (Lipinski definition) is 0. The largest absolute Gasteiger partial charge is 0.480 e. The van der Waals surface area contributed by atoms with Gasteiger partial charge in [0, 0.05) is 28.7 Å². The van der Waals surface area contributed by atoms with Crippen LogP contribution in [0.1, 0.15) is 22.4 Å². The maximum atomic E-state index is 9.18. The number of pyridine rings is 2. The summed E-state index contributed by atoms with van der Waals surface area (Å²) in [7, 11) is 1.49. The average Bonchev–Trinajstić information content (AvgIpc) is 2.72. The van der Waals surface area contributed by atoms with Crippen molar-refractivity contribution in [3.05, 3.63) is 81.2 Å². The van der Waals surface area contributed by atoms with E-state index in [0.717, 1.165) is 16.8 Å². The molecule has 7 heteroatoms. The number of allylic oxidation sites excluding steroid dienone is 1. The molecule has 3 aromatic rings. The van der Waals surface area contributed by atoms with E-state index >= 15 is 0 Å². The van der Waals surface area contributed by atoms with Crippen LogP contribution in [0.15, 0.2) is 48.8 Å². The lowest BCUT2D eigenvalue weighted by atomic mass is 10.1. The van der Waals surface area contributed by atoms with Crippen LogP contribution in [0.25, 0.3) is 6.08 Å². The molecular weight excluding hydrogens is 409 g/mol. The quantitative estimate of drug-likeness (QED) is 0.482. The van der Waals surface area contributed by atoms with Crippen molar-refractivity contribution in [3.63, 3.8) is 0 Å². The van der Waals surface area contributed by atoms with Gasteiger partial charge in [-0.15, -0.1) is 0 Å². The number of methoxy groups -OCH3 is 1. The zero-order valence-corrected chi connectivity index (χ0v) is 17.3. The lowest BCUT2D eigenvalue weighted by Crippen LogP contribution is -2.01. The SMILES string of the molecule is COc1nc(C)c(CC=Cc2ccncc2)c(Oc2cc(Cl)cc(C#N)c2)c1Cl. The fraction of sp³-hybridized carbons (Fsp3) is 0.136. The van der Waals surface area contributed by atoms with E-state index in [-0.39, 0.29) is 10.9 Å². The number of rotatable bonds is 6. The predicted molar refractivity (Wildman–Crippen MR) is 114 cm³/mol. The van der Waals surface area contributed by atoms with Gasteiger partial charge in [0.05, 0.1) is 18.7 Å². The molecule has 0 aliphatic heterocycles. The zero-order chi connectivity index (χ0) is 20.8. The smallest absolute Gasteiger partial charge is 0.236 e. The second-order valence-electron chi connectivity index (χ2n) is 6.10. The van der Waals surface area contributed by atoms with Crippen molar-refractivity contribution < 1.29 is 9.47 Å². The average molecular weight is 426 g/mol. The molecule has 0 N–H and O–H groups in total. The summed E-state index contributed by atoms with van der Waals surface area (Å²) in [6, 6.07) is 10.7. The second-order valence-corrected chi connectivity index (χ2v) is 6.92. The van der Waals surface area contributed by atoms with E-state index in [1.54, 1.807) is 30.6 Å². The third-order valence-corrected chi connectivity index (χ3v) is 4.67. The van der Waals surface area contributed by atoms with Crippen LogP contribution in [0, 0.1) is 18.3 Å². The molecule has 1 aromatic carbocycles. The maximum Gasteiger partial charge on any atom is 0.236 e. The van der Waals surface area contributed by atoms with E-state index in [1.807, 2.05) is 31.2 Å². The van der Waals surface area contributed by atoms with Gasteiger partial charge in [-0.2, -0.15) is 5.26 Å². The first-order valence-corrected chi connectivity index (χ1v) is 9.45. The Kier molecular flexibility index (Phi) is 6.71. The van der Waals surface area contributed by atoms with Gasteiger partial charge in [-0.25, -0.2) is 4.98 Å². The highest BCUT2D eigenvalue weighted by Gasteiger charge is 2.19. The highest BCUT2D eigenvalue weighted by Crippen LogP contribution is 2.40. The van der Waals surface area contributed by atoms with Crippen molar-refractivity contribution in [1.82, 2.24) is 9.97 Å². The molecular formula is C22H17Cl2N3O2. The molecule has 0 bridgehead atoms. The Balaban J connectivity index is 2.00. The van der Waals surface area contributed by atoms with E-state index in [4.69, 9.17) is 32.7 Å². The number of ether oxygens (including phenoxy) is 2. The number of halogens is 2. The predicted octanol–water partition coefficient (Wildman–Crippen LogP) is 6.02. The number of aryl methyl sites for hydroxylation is 1. The fourth-order valence-electron chi connectivity index (χ4n) is 2.74. The van der Waals surface area contributed by atoms with Gasteiger partial charge in [0.25, 0.3) is 0 Å². The van der Waals surface area contributed by atoms with Crippen molar-refractivity contribution in [2.24, 2.45) is 0 Å². The Morgan fingerprint density at radius 2 is 1.93 bits per heavy atom. The van der Waals surface area contributed by atoms with Gasteiger partial charge < -0.3 is 9.47 Å². The standard InChI is InChI=1S/C22H17Cl2N3O2/c1-14-19(5-3-4-15-6-8-26-9-7-15)21(20(24)22(27-14)28-2)29-18-11-16(13-25)10-17(23)12-18/h3-4,6-12H,5H2,1-2H3. The van der Waals surface area contributed by atoms with Crippen LogP contribution in [0.2, 0.25) is 10.0 Å². The van der Waals surface area contributed by atoms with Gasteiger partial charge in [-0.3, -0.25) is 4.98 Å². The summed E-state index contributed by atoms with van der Waals surface area (Å²) in [5.74, 6) is 1.09. The molecule has 0 spiro atoms. The van der Waals surface area contributed by atoms with E-state index in [1.165, 1.54) is 7.11 Å². The zero-order valence-electron chi connectivity index (χ0n) is 15.8. The van der Waals surface area contributed by atoms with Crippen LogP contribution in [0.5, 0.6) is 17.4 Å². The maximum absolute atomic E-state index is 9.18. The fourth-order valence-corrected chi connectivity index (χ4v) is 3.23. The van der Waals surface area contributed by atoms with Crippen LogP contribution < -0.4 is 9.47 Å². The lowest BCUT2D eigenvalue weighted by molar-refractivity contribution is 0.390. The third kappa shape index (κ3) is 5.05. The summed E-state index contributed by atoms with van der Waals surface area (Å²) in [5.41, 5.74) is 2.95. The normalized spacial score (nSPS) is 10.7. The Morgan fingerprint density at radius 1 is 1.17 bits per heavy atom. The lowest BCUT2D eigenvalue weighted by Gasteiger charge is -2.16. The van der Waals surface area contributed by atoms with E-state index in [0.29, 0.717) is 28.5 Å². The molecule has 0 saturated heterocycles. The first kappa shape index (κ1) is 20.7. The van der Waals surface area contributed by atoms with Crippen molar-refractivity contribution >= 4 is 29.3 Å². The van der Waals surface area contributed by atoms with Crippen molar-refractivity contribution in [2.75, 3.05) is 7.11 Å². The summed E-state index contributed by atoms with van der Waals surface area (Å²) in [6.45, 7) is 1.86. The highest BCUT2D eigenvalue weighted by atomic mass is 35.5. The molecule has 0 amide bonds. The molecule has 5 nitrogen and oxygen atoms in total. The molecule has 0 atom stereocenters. The molecule has 2 heterocycles. The van der Waals surface area contributed by atoms with Gasteiger partial charge in [-0.1, -0.05) is 35.4 Å². The Morgan fingerprint density at radius 3 is 2.62 bits per heavy atom. The second kappa shape index (κ2) is 9.42. The van der Waals surface area contributed by atoms with Crippen LogP contribution >= 0.6 is 23.2 Å². The van der Waals surface area contributed by atoms with E-state index < -0.39 is 0 Å². The third-order valence-electron chi connectivity index (χ3n) is 4.12. The molecule has 0 unspecified atom stereocenters. The first-order valence-electron chi connectivity index (χ1n) is 8.70. The van der Waals surface area contributed by atoms with Crippen LogP contribution in [-0.4, -0.2) is 17.1 Å². The molecule has 0 aliphatic carbocycles. The van der Waals surface area contributed by atoms with Gasteiger partial charge in [-0.05, 0) is 49.2 Å². The Bertz CT molecular complexity index is 1090. The number of hydrogen-bond acceptors (Lipinski definition) is 5. The topological polar surface area (TPSA) is 68.0 Å². The molecule has 0 aliphatic rings. The van der Waals surface area contributed by atoms with Gasteiger partial charge >= 0.3 is 0 Å². The van der Waals surface area contributed by atoms with Crippen LogP contribution in [0.4, 0.5) is 0 Å². The molecule has 2 aromatic heterocycles. The number of nitriles is 1. The summed E-state index contributed by atoms with van der Waals surface area (Å²) in [5, 5.41) is 9.83. The minimum Gasteiger partial charge on any atom is -0.480 e. The highest BCUT2D eigenvalue weighted by molar-refractivity contribution is 6.33. The van der Waals surface area contributed by atoms with E-state index in [9.17, 15) is 5.26 Å². The van der Waals surface area contributed by atoms with Gasteiger partial charge in [0.15, 0.2) is 5.75 Å². The summed E-state index contributed by atoms with van der Waals surface area (Å²) in [6.07, 6.45) is 7.98. The van der Waals surface area contributed by atoms with Crippen molar-refractivity contribution in [1.29, 1.82) is 5.26 Å². The first-order chi connectivity index (χ1) is 14.0. The summed E-state index contributed by atoms with van der Waals surface area (Å²) in [4.78, 5) is 8.42. The molecule has 29 heavy (non-hydrogen) atoms. The minimum absolute atomic E-state index is 0.254. The number of benzene rings is 1. The molecule has 3 rings (SSSR count). The Labute approximate surface area is 179 Å². The van der Waals surface area contributed by atoms with Crippen LogP contribution in [0.3, 0.4) is 0 Å². The van der Waals surface area contributed by atoms with Crippen LogP contribution in [-0.2, 0) is 6.42 Å². The monoisotopic (exact) mass is 425 g/mol. The van der Waals surface area contributed by atoms with Gasteiger partial charge in [0.2, 0.25) is 5.88 Å². The molecule has 0 saturated carbocycles. The molecule has 0 fully saturated rings. The van der Waals surface area contributed by atoms with Crippen molar-refractivity contribution in [3.8, 4) is 23.4 Å². The van der Waals surface area contributed by atoms with Crippen molar-refractivity contribution in [2.45, 2.75) is 13.3 Å². The van der Waals surface area contributed by atoms with E-state index in [2.05, 4.69) is 16.0 Å². The summed E-state index contributed by atoms with van der Waals surface area (Å²) < 4.78 is 11.3. The number of aromatic nitrogens is 2.